The lowest BCUT2D eigenvalue weighted by Gasteiger charge is -2.23. The van der Waals surface area contributed by atoms with E-state index >= 15 is 0 Å². The van der Waals surface area contributed by atoms with Crippen molar-refractivity contribution >= 4 is 28.0 Å². The van der Waals surface area contributed by atoms with Crippen molar-refractivity contribution < 1.29 is 9.59 Å². The van der Waals surface area contributed by atoms with Crippen LogP contribution < -0.4 is 0 Å². The molecular weight excluding hydrogens is 196 g/mol. The molecule has 0 N–H and O–H groups in total. The molecule has 0 amide bonds. The van der Waals surface area contributed by atoms with Gasteiger partial charge < -0.3 is 4.79 Å². The van der Waals surface area contributed by atoms with Crippen molar-refractivity contribution in [1.29, 1.82) is 0 Å². The number of Topliss-reactive ketones (excluding diaryl/α,β-unsaturated/α-hetero) is 1. The van der Waals surface area contributed by atoms with E-state index in [2.05, 4.69) is 15.9 Å². The third-order valence-corrected chi connectivity index (χ3v) is 2.87. The quantitative estimate of drug-likeness (QED) is 0.369. The molecule has 0 aromatic rings. The van der Waals surface area contributed by atoms with E-state index in [9.17, 15) is 9.59 Å². The zero-order valence-corrected chi connectivity index (χ0v) is 7.19. The van der Waals surface area contributed by atoms with Crippen molar-refractivity contribution in [2.24, 2.45) is 0 Å². The Hall–Kier alpha value is -0.180. The molecule has 1 aliphatic carbocycles. The van der Waals surface area contributed by atoms with E-state index in [1.807, 2.05) is 0 Å². The Morgan fingerprint density at radius 2 is 2.20 bits per heavy atom. The number of carbonyl (C=O) groups excluding carboxylic acids is 2. The van der Waals surface area contributed by atoms with Crippen molar-refractivity contribution in [2.45, 2.75) is 30.0 Å². The maximum atomic E-state index is 11.1. The summed E-state index contributed by atoms with van der Waals surface area (Å²) < 4.78 is -0.828. The summed E-state index contributed by atoms with van der Waals surface area (Å²) in [6.07, 6.45) is 3.82. The highest BCUT2D eigenvalue weighted by atomic mass is 79.9. The van der Waals surface area contributed by atoms with Crippen LogP contribution in [0.1, 0.15) is 25.7 Å². The Labute approximate surface area is 68.1 Å². The average Bonchev–Trinajstić information content (AvgIpc) is 1.96. The summed E-state index contributed by atoms with van der Waals surface area (Å²) >= 11 is 3.14. The summed E-state index contributed by atoms with van der Waals surface area (Å²) in [4.78, 5) is 21.5. The van der Waals surface area contributed by atoms with Crippen LogP contribution in [0.3, 0.4) is 0 Å². The first-order chi connectivity index (χ1) is 4.69. The highest BCUT2D eigenvalue weighted by Gasteiger charge is 2.36. The Bertz CT molecular complexity index is 167. The number of carbonyl (C=O) groups is 2. The number of rotatable bonds is 1. The molecule has 1 aliphatic rings. The summed E-state index contributed by atoms with van der Waals surface area (Å²) in [5.74, 6) is 0.0359. The fraction of sp³-hybridized carbons (Fsp3) is 0.714. The van der Waals surface area contributed by atoms with Crippen LogP contribution in [0.5, 0.6) is 0 Å². The fourth-order valence-corrected chi connectivity index (χ4v) is 1.62. The van der Waals surface area contributed by atoms with Gasteiger partial charge in [0.15, 0.2) is 5.78 Å². The molecule has 0 spiro atoms. The van der Waals surface area contributed by atoms with Gasteiger partial charge in [-0.2, -0.15) is 0 Å². The fourth-order valence-electron chi connectivity index (χ4n) is 1.14. The molecule has 3 heteroatoms. The third-order valence-electron chi connectivity index (χ3n) is 1.84. The number of hydrogen-bond acceptors (Lipinski definition) is 2. The van der Waals surface area contributed by atoms with E-state index in [1.165, 1.54) is 0 Å². The molecule has 0 bridgehead atoms. The van der Waals surface area contributed by atoms with Gasteiger partial charge in [-0.1, -0.05) is 22.4 Å². The molecule has 10 heavy (non-hydrogen) atoms. The molecule has 1 atom stereocenters. The molecule has 1 fully saturated rings. The molecule has 1 rings (SSSR count). The van der Waals surface area contributed by atoms with Gasteiger partial charge in [-0.15, -0.1) is 0 Å². The lowest BCUT2D eigenvalue weighted by Crippen LogP contribution is -2.36. The second kappa shape index (κ2) is 2.82. The number of aldehydes is 1. The lowest BCUT2D eigenvalue weighted by atomic mass is 9.89. The van der Waals surface area contributed by atoms with E-state index in [1.54, 1.807) is 0 Å². The molecule has 56 valence electrons. The Balaban J connectivity index is 2.72. The van der Waals surface area contributed by atoms with Gasteiger partial charge >= 0.3 is 0 Å². The summed E-state index contributed by atoms with van der Waals surface area (Å²) in [7, 11) is 0. The van der Waals surface area contributed by atoms with Crippen molar-refractivity contribution in [3.05, 3.63) is 0 Å². The second-order valence-corrected chi connectivity index (χ2v) is 4.03. The van der Waals surface area contributed by atoms with Gasteiger partial charge in [-0.3, -0.25) is 4.79 Å². The molecule has 0 heterocycles. The molecule has 0 aromatic carbocycles. The van der Waals surface area contributed by atoms with Gasteiger partial charge in [0.25, 0.3) is 0 Å². The van der Waals surface area contributed by atoms with Gasteiger partial charge in [0.1, 0.15) is 10.6 Å². The van der Waals surface area contributed by atoms with E-state index in [0.29, 0.717) is 19.1 Å². The standard InChI is InChI=1S/C7H9BrO2/c8-7(5-9)4-2-1-3-6(7)10/h5H,1-4H2. The van der Waals surface area contributed by atoms with E-state index in [-0.39, 0.29) is 5.78 Å². The van der Waals surface area contributed by atoms with Crippen LogP contribution in [0.15, 0.2) is 0 Å². The highest BCUT2D eigenvalue weighted by molar-refractivity contribution is 9.10. The first kappa shape index (κ1) is 7.92. The van der Waals surface area contributed by atoms with Crippen molar-refractivity contribution in [2.75, 3.05) is 0 Å². The van der Waals surface area contributed by atoms with Crippen LogP contribution in [0, 0.1) is 0 Å². The smallest absolute Gasteiger partial charge is 0.156 e. The van der Waals surface area contributed by atoms with Crippen molar-refractivity contribution in [3.63, 3.8) is 0 Å². The van der Waals surface area contributed by atoms with Crippen LogP contribution in [0.25, 0.3) is 0 Å². The van der Waals surface area contributed by atoms with Gasteiger partial charge in [-0.05, 0) is 12.8 Å². The first-order valence-electron chi connectivity index (χ1n) is 3.37. The number of halogens is 1. The highest BCUT2D eigenvalue weighted by Crippen LogP contribution is 2.30. The van der Waals surface area contributed by atoms with Gasteiger partial charge in [0.05, 0.1) is 0 Å². The zero-order chi connectivity index (χ0) is 7.61. The number of hydrogen-bond donors (Lipinski definition) is 0. The second-order valence-electron chi connectivity index (χ2n) is 2.61. The predicted molar refractivity (Wildman–Crippen MR) is 41.2 cm³/mol. The SMILES string of the molecule is O=CC1(Br)CCCCC1=O. The van der Waals surface area contributed by atoms with Crippen LogP contribution >= 0.6 is 15.9 Å². The lowest BCUT2D eigenvalue weighted by molar-refractivity contribution is -0.126. The van der Waals surface area contributed by atoms with Gasteiger partial charge in [0.2, 0.25) is 0 Å². The minimum Gasteiger partial charge on any atom is -0.301 e. The summed E-state index contributed by atoms with van der Waals surface area (Å²) in [6, 6.07) is 0. The minimum atomic E-state index is -0.828. The molecule has 1 saturated carbocycles. The summed E-state index contributed by atoms with van der Waals surface area (Å²) in [5, 5.41) is 0. The molecule has 0 aliphatic heterocycles. The average molecular weight is 205 g/mol. The van der Waals surface area contributed by atoms with Crippen molar-refractivity contribution in [3.8, 4) is 0 Å². The predicted octanol–water partition coefficient (Wildman–Crippen LogP) is 1.46. The topological polar surface area (TPSA) is 34.1 Å². The molecule has 0 saturated heterocycles. The van der Waals surface area contributed by atoms with Crippen LogP contribution in [-0.4, -0.2) is 16.4 Å². The monoisotopic (exact) mass is 204 g/mol. The molecule has 2 nitrogen and oxygen atoms in total. The van der Waals surface area contributed by atoms with E-state index < -0.39 is 4.32 Å². The zero-order valence-electron chi connectivity index (χ0n) is 5.60. The Morgan fingerprint density at radius 1 is 1.50 bits per heavy atom. The Morgan fingerprint density at radius 3 is 2.60 bits per heavy atom. The van der Waals surface area contributed by atoms with E-state index in [0.717, 1.165) is 12.8 Å². The molecule has 0 aromatic heterocycles. The maximum Gasteiger partial charge on any atom is 0.156 e. The number of alkyl halides is 1. The van der Waals surface area contributed by atoms with E-state index in [4.69, 9.17) is 0 Å². The number of ketones is 1. The summed E-state index contributed by atoms with van der Waals surface area (Å²) in [6.45, 7) is 0. The first-order valence-corrected chi connectivity index (χ1v) is 4.17. The third kappa shape index (κ3) is 1.29. The van der Waals surface area contributed by atoms with Crippen LogP contribution in [-0.2, 0) is 9.59 Å². The maximum absolute atomic E-state index is 11.1. The Kier molecular flexibility index (Phi) is 2.24. The summed E-state index contributed by atoms with van der Waals surface area (Å²) in [5.41, 5.74) is 0. The molecular formula is C7H9BrO2. The molecule has 1 unspecified atom stereocenters. The normalized spacial score (nSPS) is 33.9. The van der Waals surface area contributed by atoms with Gasteiger partial charge in [-0.25, -0.2) is 0 Å². The van der Waals surface area contributed by atoms with Gasteiger partial charge in [0, 0.05) is 6.42 Å². The molecule has 0 radical (unpaired) electrons. The van der Waals surface area contributed by atoms with Crippen molar-refractivity contribution in [1.82, 2.24) is 0 Å². The largest absolute Gasteiger partial charge is 0.301 e. The van der Waals surface area contributed by atoms with Crippen LogP contribution in [0.4, 0.5) is 0 Å². The minimum absolute atomic E-state index is 0.0359. The van der Waals surface area contributed by atoms with Crippen LogP contribution in [0.2, 0.25) is 0 Å².